The van der Waals surface area contributed by atoms with Crippen LogP contribution in [-0.4, -0.2) is 47.5 Å². The number of hydrogen-bond donors (Lipinski definition) is 2. The van der Waals surface area contributed by atoms with Crippen LogP contribution < -0.4 is 4.74 Å². The van der Waals surface area contributed by atoms with Crippen molar-refractivity contribution in [1.29, 1.82) is 0 Å². The lowest BCUT2D eigenvalue weighted by Crippen LogP contribution is -2.36. The molecule has 4 nitrogen and oxygen atoms in total. The van der Waals surface area contributed by atoms with E-state index >= 15 is 0 Å². The van der Waals surface area contributed by atoms with E-state index in [1.807, 2.05) is 30.3 Å². The summed E-state index contributed by atoms with van der Waals surface area (Å²) in [7, 11) is 0. The number of carbonyl (C=O) groups is 1. The van der Waals surface area contributed by atoms with E-state index in [0.717, 1.165) is 5.75 Å². The molecule has 1 aliphatic rings. The zero-order valence-electron chi connectivity index (χ0n) is 10.7. The number of para-hydroxylation sites is 1. The second-order valence-corrected chi connectivity index (χ2v) is 5.19. The zero-order chi connectivity index (χ0) is 13.7. The molecule has 1 heterocycles. The molecular formula is C14H19NO3S. The van der Waals surface area contributed by atoms with Crippen molar-refractivity contribution in [3.8, 4) is 5.75 Å². The number of amides is 1. The Morgan fingerprint density at radius 1 is 1.42 bits per heavy atom. The van der Waals surface area contributed by atoms with Crippen LogP contribution in [0.5, 0.6) is 5.75 Å². The van der Waals surface area contributed by atoms with Crippen molar-refractivity contribution in [2.45, 2.75) is 12.5 Å². The van der Waals surface area contributed by atoms with Gasteiger partial charge in [0.05, 0.1) is 0 Å². The monoisotopic (exact) mass is 281 g/mol. The highest BCUT2D eigenvalue weighted by Crippen LogP contribution is 2.19. The molecule has 0 spiro atoms. The predicted molar refractivity (Wildman–Crippen MR) is 76.5 cm³/mol. The number of nitrogens with zero attached hydrogens (tertiary/aromatic N) is 1. The molecule has 1 N–H and O–H groups in total. The zero-order valence-corrected chi connectivity index (χ0v) is 11.6. The lowest BCUT2D eigenvalue weighted by Gasteiger charge is -2.20. The quantitative estimate of drug-likeness (QED) is 0.771. The molecule has 1 saturated heterocycles. The molecule has 104 valence electrons. The maximum Gasteiger partial charge on any atom is 0.223 e. The summed E-state index contributed by atoms with van der Waals surface area (Å²) in [6.07, 6.45) is -0.127. The Balaban J connectivity index is 1.75. The van der Waals surface area contributed by atoms with Gasteiger partial charge in [-0.1, -0.05) is 18.2 Å². The van der Waals surface area contributed by atoms with Gasteiger partial charge in [-0.2, -0.15) is 12.6 Å². The summed E-state index contributed by atoms with van der Waals surface area (Å²) in [4.78, 5) is 13.4. The number of likely N-dealkylation sites (tertiary alicyclic amines) is 1. The third-order valence-corrected chi connectivity index (χ3v) is 3.69. The minimum absolute atomic E-state index is 0.0952. The molecule has 5 heteroatoms. The van der Waals surface area contributed by atoms with E-state index in [4.69, 9.17) is 4.74 Å². The van der Waals surface area contributed by atoms with Crippen molar-refractivity contribution in [3.63, 3.8) is 0 Å². The minimum atomic E-state index is -0.664. The number of rotatable bonds is 6. The Morgan fingerprint density at radius 2 is 2.16 bits per heavy atom. The maximum absolute atomic E-state index is 11.7. The van der Waals surface area contributed by atoms with Crippen molar-refractivity contribution < 1.29 is 14.6 Å². The van der Waals surface area contributed by atoms with E-state index in [1.54, 1.807) is 4.90 Å². The molecule has 1 aromatic rings. The fourth-order valence-electron chi connectivity index (χ4n) is 2.17. The van der Waals surface area contributed by atoms with Gasteiger partial charge in [-0.05, 0) is 23.8 Å². The van der Waals surface area contributed by atoms with Gasteiger partial charge in [-0.25, -0.2) is 0 Å². The van der Waals surface area contributed by atoms with Crippen LogP contribution in [0.15, 0.2) is 30.3 Å². The number of benzene rings is 1. The summed E-state index contributed by atoms with van der Waals surface area (Å²) >= 11 is 4.21. The van der Waals surface area contributed by atoms with Crippen LogP contribution >= 0.6 is 12.6 Å². The molecule has 0 saturated carbocycles. The van der Waals surface area contributed by atoms with Gasteiger partial charge in [0.1, 0.15) is 18.5 Å². The molecular weight excluding hydrogens is 262 g/mol. The molecule has 2 rings (SSSR count). The topological polar surface area (TPSA) is 49.8 Å². The number of hydrogen-bond acceptors (Lipinski definition) is 4. The second-order valence-electron chi connectivity index (χ2n) is 4.83. The number of aliphatic hydroxyl groups excluding tert-OH is 1. The van der Waals surface area contributed by atoms with Gasteiger partial charge >= 0.3 is 0 Å². The predicted octanol–water partition coefficient (Wildman–Crippen LogP) is 1.20. The van der Waals surface area contributed by atoms with Crippen molar-refractivity contribution in [3.05, 3.63) is 30.3 Å². The van der Waals surface area contributed by atoms with Gasteiger partial charge in [-0.15, -0.1) is 0 Å². The molecule has 0 bridgehead atoms. The SMILES string of the molecule is O=C1CC(CS)CN1CC(O)COc1ccccc1. The first-order chi connectivity index (χ1) is 9.19. The molecule has 1 fully saturated rings. The van der Waals surface area contributed by atoms with E-state index in [1.165, 1.54) is 0 Å². The third kappa shape index (κ3) is 4.14. The van der Waals surface area contributed by atoms with Crippen LogP contribution in [0.2, 0.25) is 0 Å². The molecule has 1 aliphatic heterocycles. The van der Waals surface area contributed by atoms with E-state index in [9.17, 15) is 9.90 Å². The fourth-order valence-corrected chi connectivity index (χ4v) is 2.41. The molecule has 1 amide bonds. The van der Waals surface area contributed by atoms with Crippen molar-refractivity contribution in [1.82, 2.24) is 4.90 Å². The van der Waals surface area contributed by atoms with Crippen LogP contribution in [0.1, 0.15) is 6.42 Å². The number of β-amino-alcohol motifs (C(OH)–C–C–N with tert-alkyl or cyclic N) is 1. The third-order valence-electron chi connectivity index (χ3n) is 3.17. The summed E-state index contributed by atoms with van der Waals surface area (Å²) in [6.45, 7) is 1.21. The summed E-state index contributed by atoms with van der Waals surface area (Å²) in [5.41, 5.74) is 0. The van der Waals surface area contributed by atoms with Crippen LogP contribution in [0, 0.1) is 5.92 Å². The maximum atomic E-state index is 11.7. The van der Waals surface area contributed by atoms with Gasteiger partial charge in [0.25, 0.3) is 0 Å². The lowest BCUT2D eigenvalue weighted by molar-refractivity contribution is -0.129. The number of carbonyl (C=O) groups excluding carboxylic acids is 1. The summed E-state index contributed by atoms with van der Waals surface area (Å²) in [5, 5.41) is 9.91. The smallest absolute Gasteiger partial charge is 0.223 e. The Morgan fingerprint density at radius 3 is 2.79 bits per heavy atom. The average Bonchev–Trinajstić information content (AvgIpc) is 2.78. The van der Waals surface area contributed by atoms with Gasteiger partial charge in [-0.3, -0.25) is 4.79 Å². The van der Waals surface area contributed by atoms with Crippen LogP contribution in [0.25, 0.3) is 0 Å². The van der Waals surface area contributed by atoms with Gasteiger partial charge < -0.3 is 14.7 Å². The summed E-state index contributed by atoms with van der Waals surface area (Å²) in [5.74, 6) is 1.83. The summed E-state index contributed by atoms with van der Waals surface area (Å²) in [6, 6.07) is 9.34. The van der Waals surface area contributed by atoms with Crippen LogP contribution in [-0.2, 0) is 4.79 Å². The Bertz CT molecular complexity index is 412. The lowest BCUT2D eigenvalue weighted by atomic mass is 10.1. The summed E-state index contributed by atoms with van der Waals surface area (Å²) < 4.78 is 5.46. The standard InChI is InChI=1S/C14H19NO3S/c16-12(9-18-13-4-2-1-3-5-13)8-15-7-11(10-19)6-14(15)17/h1-5,11-12,16,19H,6-10H2. The highest BCUT2D eigenvalue weighted by Gasteiger charge is 2.29. The molecule has 19 heavy (non-hydrogen) atoms. The second kappa shape index (κ2) is 6.82. The number of ether oxygens (including phenoxy) is 1. The highest BCUT2D eigenvalue weighted by atomic mass is 32.1. The molecule has 1 aromatic carbocycles. The number of thiol groups is 1. The molecule has 0 radical (unpaired) electrons. The normalized spacial score (nSPS) is 20.6. The Kier molecular flexibility index (Phi) is 5.10. The van der Waals surface area contributed by atoms with Gasteiger partial charge in [0.2, 0.25) is 5.91 Å². The highest BCUT2D eigenvalue weighted by molar-refractivity contribution is 7.80. The minimum Gasteiger partial charge on any atom is -0.491 e. The van der Waals surface area contributed by atoms with Crippen molar-refractivity contribution in [2.24, 2.45) is 5.92 Å². The Hall–Kier alpha value is -1.20. The molecule has 2 atom stereocenters. The van der Waals surface area contributed by atoms with E-state index < -0.39 is 6.10 Å². The average molecular weight is 281 g/mol. The molecule has 0 aromatic heterocycles. The largest absolute Gasteiger partial charge is 0.491 e. The van der Waals surface area contributed by atoms with Gasteiger partial charge in [0, 0.05) is 19.5 Å². The van der Waals surface area contributed by atoms with E-state index in [2.05, 4.69) is 12.6 Å². The van der Waals surface area contributed by atoms with Crippen LogP contribution in [0.3, 0.4) is 0 Å². The first kappa shape index (κ1) is 14.2. The first-order valence-electron chi connectivity index (χ1n) is 6.43. The van der Waals surface area contributed by atoms with E-state index in [-0.39, 0.29) is 12.5 Å². The van der Waals surface area contributed by atoms with Crippen molar-refractivity contribution in [2.75, 3.05) is 25.4 Å². The molecule has 0 aliphatic carbocycles. The first-order valence-corrected chi connectivity index (χ1v) is 7.07. The Labute approximate surface area is 118 Å². The fraction of sp³-hybridized carbons (Fsp3) is 0.500. The molecule has 2 unspecified atom stereocenters. The van der Waals surface area contributed by atoms with Crippen molar-refractivity contribution >= 4 is 18.5 Å². The van der Waals surface area contributed by atoms with Crippen LogP contribution in [0.4, 0.5) is 0 Å². The van der Waals surface area contributed by atoms with E-state index in [0.29, 0.717) is 31.2 Å². The number of aliphatic hydroxyl groups is 1. The van der Waals surface area contributed by atoms with Gasteiger partial charge in [0.15, 0.2) is 0 Å².